The lowest BCUT2D eigenvalue weighted by atomic mass is 10.1. The fourth-order valence-electron chi connectivity index (χ4n) is 3.32. The number of benzene rings is 1. The Labute approximate surface area is 151 Å². The summed E-state index contributed by atoms with van der Waals surface area (Å²) in [6.45, 7) is 2.62. The molecule has 134 valence electrons. The van der Waals surface area contributed by atoms with Crippen LogP contribution in [-0.2, 0) is 11.3 Å². The summed E-state index contributed by atoms with van der Waals surface area (Å²) in [7, 11) is 0. The number of rotatable bonds is 5. The van der Waals surface area contributed by atoms with Crippen LogP contribution in [0.15, 0.2) is 48.9 Å². The number of aromatic nitrogens is 3. The minimum absolute atomic E-state index is 0.00967. The maximum absolute atomic E-state index is 12.3. The van der Waals surface area contributed by atoms with Crippen molar-refractivity contribution in [3.05, 3.63) is 60.0 Å². The van der Waals surface area contributed by atoms with Crippen LogP contribution in [0, 0.1) is 6.92 Å². The highest BCUT2D eigenvalue weighted by molar-refractivity contribution is 5.80. The molecule has 1 aliphatic rings. The third-order valence-corrected chi connectivity index (χ3v) is 4.69. The summed E-state index contributed by atoms with van der Waals surface area (Å²) in [5, 5.41) is 8.53. The van der Waals surface area contributed by atoms with Gasteiger partial charge in [0.1, 0.15) is 0 Å². The molecule has 1 aromatic carbocycles. The summed E-state index contributed by atoms with van der Waals surface area (Å²) in [6.07, 6.45) is 6.50. The van der Waals surface area contributed by atoms with Crippen LogP contribution in [-0.4, -0.2) is 26.8 Å². The average molecular weight is 350 g/mol. The van der Waals surface area contributed by atoms with Crippen LogP contribution in [0.4, 0.5) is 0 Å². The van der Waals surface area contributed by atoms with Crippen molar-refractivity contribution in [1.29, 1.82) is 0 Å². The summed E-state index contributed by atoms with van der Waals surface area (Å²) in [5.74, 6) is 0.00967. The Balaban J connectivity index is 1.30. The molecule has 0 bridgehead atoms. The minimum atomic E-state index is -0.0855. The van der Waals surface area contributed by atoms with Gasteiger partial charge in [0.05, 0.1) is 24.4 Å². The van der Waals surface area contributed by atoms with Gasteiger partial charge in [-0.2, -0.15) is 5.10 Å². The van der Waals surface area contributed by atoms with E-state index in [0.717, 1.165) is 22.9 Å². The predicted molar refractivity (Wildman–Crippen MR) is 98.9 cm³/mol. The number of pyridine rings is 1. The Morgan fingerprint density at radius 3 is 2.96 bits per heavy atom. The van der Waals surface area contributed by atoms with Crippen molar-refractivity contribution >= 4 is 16.8 Å². The monoisotopic (exact) mass is 350 g/mol. The van der Waals surface area contributed by atoms with Crippen LogP contribution in [0.3, 0.4) is 0 Å². The van der Waals surface area contributed by atoms with Crippen molar-refractivity contribution in [2.24, 2.45) is 0 Å². The molecule has 1 amide bonds. The highest BCUT2D eigenvalue weighted by atomic mass is 16.1. The summed E-state index contributed by atoms with van der Waals surface area (Å²) in [6, 6.07) is 10.3. The highest BCUT2D eigenvalue weighted by Crippen LogP contribution is 2.20. The predicted octanol–water partition coefficient (Wildman–Crippen LogP) is 1.81. The number of hydrogen-bond donors (Lipinski definition) is 3. The Kier molecular flexibility index (Phi) is 4.64. The van der Waals surface area contributed by atoms with Crippen LogP contribution in [0.1, 0.15) is 30.0 Å². The standard InChI is InChI=1S/C19H22N6O/c1-13-2-3-17-15(10-13)12-21-25(17)9-6-19(26)22-18-11-16(23-24-18)14-4-7-20-8-5-14/h2-5,7-8,10,12,16,18,23-24H,6,9,11H2,1H3,(H,22,26). The number of hydrazine groups is 1. The first kappa shape index (κ1) is 16.7. The van der Waals surface area contributed by atoms with Crippen LogP contribution in [0.25, 0.3) is 10.9 Å². The van der Waals surface area contributed by atoms with Crippen LogP contribution in [0.5, 0.6) is 0 Å². The molecule has 3 N–H and O–H groups in total. The van der Waals surface area contributed by atoms with Gasteiger partial charge in [0.15, 0.2) is 0 Å². The van der Waals surface area contributed by atoms with E-state index in [0.29, 0.717) is 13.0 Å². The number of aryl methyl sites for hydroxylation is 2. The lowest BCUT2D eigenvalue weighted by Crippen LogP contribution is -2.44. The molecule has 26 heavy (non-hydrogen) atoms. The normalized spacial score (nSPS) is 19.7. The number of carbonyl (C=O) groups is 1. The molecule has 3 aromatic rings. The van der Waals surface area contributed by atoms with E-state index in [1.807, 2.05) is 23.0 Å². The molecule has 7 heteroatoms. The third kappa shape index (κ3) is 3.58. The molecule has 0 spiro atoms. The maximum Gasteiger partial charge on any atom is 0.223 e. The number of fused-ring (bicyclic) bond motifs is 1. The van der Waals surface area contributed by atoms with Gasteiger partial charge in [-0.3, -0.25) is 14.5 Å². The smallest absolute Gasteiger partial charge is 0.223 e. The van der Waals surface area contributed by atoms with Crippen molar-refractivity contribution in [2.45, 2.75) is 38.5 Å². The first-order chi connectivity index (χ1) is 12.7. The Bertz CT molecular complexity index is 907. The third-order valence-electron chi connectivity index (χ3n) is 4.69. The van der Waals surface area contributed by atoms with E-state index < -0.39 is 0 Å². The number of carbonyl (C=O) groups excluding carboxylic acids is 1. The van der Waals surface area contributed by atoms with Gasteiger partial charge in [0.25, 0.3) is 0 Å². The molecule has 1 fully saturated rings. The van der Waals surface area contributed by atoms with Gasteiger partial charge in [-0.25, -0.2) is 10.9 Å². The van der Waals surface area contributed by atoms with E-state index >= 15 is 0 Å². The number of nitrogens with one attached hydrogen (secondary N) is 3. The van der Waals surface area contributed by atoms with E-state index in [-0.39, 0.29) is 18.1 Å². The summed E-state index contributed by atoms with van der Waals surface area (Å²) in [4.78, 5) is 16.3. The van der Waals surface area contributed by atoms with E-state index in [1.165, 1.54) is 5.56 Å². The van der Waals surface area contributed by atoms with Gasteiger partial charge in [-0.1, -0.05) is 11.6 Å². The molecule has 1 saturated heterocycles. The van der Waals surface area contributed by atoms with Gasteiger partial charge in [-0.05, 0) is 36.8 Å². The lowest BCUT2D eigenvalue weighted by molar-refractivity contribution is -0.122. The highest BCUT2D eigenvalue weighted by Gasteiger charge is 2.25. The molecule has 2 aromatic heterocycles. The minimum Gasteiger partial charge on any atom is -0.339 e. The first-order valence-corrected chi connectivity index (χ1v) is 8.81. The van der Waals surface area contributed by atoms with Gasteiger partial charge < -0.3 is 5.32 Å². The van der Waals surface area contributed by atoms with E-state index in [4.69, 9.17) is 0 Å². The molecule has 2 unspecified atom stereocenters. The molecular weight excluding hydrogens is 328 g/mol. The second-order valence-electron chi connectivity index (χ2n) is 6.66. The van der Waals surface area contributed by atoms with Crippen LogP contribution in [0.2, 0.25) is 0 Å². The van der Waals surface area contributed by atoms with Gasteiger partial charge in [0.2, 0.25) is 5.91 Å². The zero-order chi connectivity index (χ0) is 17.9. The van der Waals surface area contributed by atoms with Crippen LogP contribution >= 0.6 is 0 Å². The summed E-state index contributed by atoms with van der Waals surface area (Å²) >= 11 is 0. The Morgan fingerprint density at radius 1 is 1.27 bits per heavy atom. The van der Waals surface area contributed by atoms with Crippen molar-refractivity contribution < 1.29 is 4.79 Å². The van der Waals surface area contributed by atoms with Gasteiger partial charge in [0, 0.05) is 36.7 Å². The Hall–Kier alpha value is -2.77. The topological polar surface area (TPSA) is 83.9 Å². The van der Waals surface area contributed by atoms with Gasteiger partial charge in [-0.15, -0.1) is 0 Å². The Morgan fingerprint density at radius 2 is 2.12 bits per heavy atom. The lowest BCUT2D eigenvalue weighted by Gasteiger charge is -2.12. The molecule has 7 nitrogen and oxygen atoms in total. The largest absolute Gasteiger partial charge is 0.339 e. The fraction of sp³-hybridized carbons (Fsp3) is 0.316. The molecule has 3 heterocycles. The first-order valence-electron chi connectivity index (χ1n) is 8.81. The van der Waals surface area contributed by atoms with E-state index in [1.54, 1.807) is 12.4 Å². The molecule has 1 aliphatic heterocycles. The molecule has 0 radical (unpaired) electrons. The molecule has 2 atom stereocenters. The molecular formula is C19H22N6O. The summed E-state index contributed by atoms with van der Waals surface area (Å²) in [5.41, 5.74) is 9.78. The van der Waals surface area contributed by atoms with E-state index in [2.05, 4.69) is 51.4 Å². The van der Waals surface area contributed by atoms with Crippen LogP contribution < -0.4 is 16.2 Å². The number of hydrogen-bond acceptors (Lipinski definition) is 5. The number of nitrogens with zero attached hydrogens (tertiary/aromatic N) is 3. The zero-order valence-corrected chi connectivity index (χ0v) is 14.6. The molecule has 4 rings (SSSR count). The van der Waals surface area contributed by atoms with Crippen molar-refractivity contribution in [3.63, 3.8) is 0 Å². The molecule has 0 saturated carbocycles. The van der Waals surface area contributed by atoms with Crippen molar-refractivity contribution in [2.75, 3.05) is 0 Å². The second kappa shape index (κ2) is 7.23. The average Bonchev–Trinajstić information content (AvgIpc) is 3.27. The fourth-order valence-corrected chi connectivity index (χ4v) is 3.32. The van der Waals surface area contributed by atoms with Crippen molar-refractivity contribution in [3.8, 4) is 0 Å². The van der Waals surface area contributed by atoms with E-state index in [9.17, 15) is 4.79 Å². The second-order valence-corrected chi connectivity index (χ2v) is 6.66. The zero-order valence-electron chi connectivity index (χ0n) is 14.6. The van der Waals surface area contributed by atoms with Gasteiger partial charge >= 0.3 is 0 Å². The van der Waals surface area contributed by atoms with Crippen molar-refractivity contribution in [1.82, 2.24) is 30.9 Å². The molecule has 0 aliphatic carbocycles. The maximum atomic E-state index is 12.3. The number of amides is 1. The SMILES string of the molecule is Cc1ccc2c(cnn2CCC(=O)NC2CC(c3ccncc3)NN2)c1. The quantitative estimate of drug-likeness (QED) is 0.654. The summed E-state index contributed by atoms with van der Waals surface area (Å²) < 4.78 is 1.88.